The van der Waals surface area contributed by atoms with E-state index in [-0.39, 0.29) is 5.56 Å². The lowest BCUT2D eigenvalue weighted by Crippen LogP contribution is -2.31. The maximum Gasteiger partial charge on any atom is 0.417 e. The summed E-state index contributed by atoms with van der Waals surface area (Å²) in [6.07, 6.45) is -4.05. The van der Waals surface area contributed by atoms with Crippen LogP contribution in [0.2, 0.25) is 0 Å². The van der Waals surface area contributed by atoms with Gasteiger partial charge in [-0.25, -0.2) is 13.1 Å². The van der Waals surface area contributed by atoms with E-state index < -0.39 is 32.6 Å². The highest BCUT2D eigenvalue weighted by atomic mass is 32.2. The summed E-state index contributed by atoms with van der Waals surface area (Å²) in [5.74, 6) is -1.06. The minimum atomic E-state index is -4.99. The first-order valence-electron chi connectivity index (χ1n) is 5.80. The topological polar surface area (TPSA) is 87.0 Å². The summed E-state index contributed by atoms with van der Waals surface area (Å²) >= 11 is 0. The number of nitrogens with one attached hydrogen (secondary N) is 1. The molecule has 0 heterocycles. The second-order valence-corrected chi connectivity index (χ2v) is 6.16. The van der Waals surface area contributed by atoms with Crippen LogP contribution in [0.3, 0.4) is 0 Å². The van der Waals surface area contributed by atoms with E-state index in [4.69, 9.17) is 5.26 Å². The molecule has 1 rings (SSSR count). The number of carbonyl (C=O) groups is 1. The highest BCUT2D eigenvalue weighted by Crippen LogP contribution is 2.34. The molecule has 1 N–H and O–H groups in total. The van der Waals surface area contributed by atoms with Crippen LogP contribution < -0.4 is 4.72 Å². The van der Waals surface area contributed by atoms with Crippen molar-refractivity contribution in [2.45, 2.75) is 24.9 Å². The molecule has 0 aromatic heterocycles. The van der Waals surface area contributed by atoms with Gasteiger partial charge in [-0.15, -0.1) is 0 Å². The Morgan fingerprint density at radius 2 is 1.91 bits per heavy atom. The molecule has 1 aromatic rings. The van der Waals surface area contributed by atoms with Crippen LogP contribution >= 0.6 is 0 Å². The van der Waals surface area contributed by atoms with Crippen molar-refractivity contribution < 1.29 is 26.4 Å². The van der Waals surface area contributed by atoms with Crippen LogP contribution in [0.25, 0.3) is 0 Å². The zero-order valence-electron chi connectivity index (χ0n) is 11.5. The van der Waals surface area contributed by atoms with Crippen molar-refractivity contribution in [3.63, 3.8) is 0 Å². The van der Waals surface area contributed by atoms with Gasteiger partial charge in [-0.1, -0.05) is 5.57 Å². The van der Waals surface area contributed by atoms with Crippen molar-refractivity contribution in [2.75, 3.05) is 0 Å². The Bertz CT molecular complexity index is 771. The molecule has 0 radical (unpaired) electrons. The summed E-state index contributed by atoms with van der Waals surface area (Å²) in [4.78, 5) is 10.3. The molecule has 5 nitrogen and oxygen atoms in total. The lowest BCUT2D eigenvalue weighted by atomic mass is 10.1. The molecule has 0 saturated heterocycles. The third kappa shape index (κ3) is 4.33. The molecule has 1 aromatic carbocycles. The van der Waals surface area contributed by atoms with Gasteiger partial charge in [-0.05, 0) is 32.0 Å². The van der Waals surface area contributed by atoms with Gasteiger partial charge in [0.05, 0.1) is 22.1 Å². The van der Waals surface area contributed by atoms with E-state index in [0.29, 0.717) is 17.7 Å². The van der Waals surface area contributed by atoms with Crippen LogP contribution in [0.4, 0.5) is 13.2 Å². The number of halogens is 3. The van der Waals surface area contributed by atoms with E-state index in [9.17, 15) is 26.4 Å². The van der Waals surface area contributed by atoms with Gasteiger partial charge in [0.2, 0.25) is 0 Å². The van der Waals surface area contributed by atoms with Crippen molar-refractivity contribution in [1.82, 2.24) is 4.72 Å². The molecule has 0 aliphatic heterocycles. The number of hydrogen-bond donors (Lipinski definition) is 1. The SMILES string of the molecule is CC(C)=CC(=O)NS(=O)(=O)c1ccc(C#N)cc1C(F)(F)F. The predicted molar refractivity (Wildman–Crippen MR) is 70.9 cm³/mol. The van der Waals surface area contributed by atoms with E-state index in [0.717, 1.165) is 12.1 Å². The minimum Gasteiger partial charge on any atom is -0.269 e. The zero-order valence-corrected chi connectivity index (χ0v) is 12.3. The molecular formula is C13H11F3N2O3S. The van der Waals surface area contributed by atoms with E-state index in [1.807, 2.05) is 0 Å². The van der Waals surface area contributed by atoms with Gasteiger partial charge in [0.25, 0.3) is 15.9 Å². The van der Waals surface area contributed by atoms with Crippen molar-refractivity contribution >= 4 is 15.9 Å². The van der Waals surface area contributed by atoms with Gasteiger partial charge in [0.1, 0.15) is 0 Å². The van der Waals surface area contributed by atoms with Crippen molar-refractivity contribution in [3.05, 3.63) is 41.0 Å². The van der Waals surface area contributed by atoms with Gasteiger partial charge in [-0.3, -0.25) is 4.79 Å². The number of nitriles is 1. The van der Waals surface area contributed by atoms with Crippen LogP contribution in [0.15, 0.2) is 34.7 Å². The molecule has 0 saturated carbocycles. The van der Waals surface area contributed by atoms with Gasteiger partial charge < -0.3 is 0 Å². The average Bonchev–Trinajstić information content (AvgIpc) is 2.35. The van der Waals surface area contributed by atoms with Crippen LogP contribution in [0.1, 0.15) is 25.0 Å². The van der Waals surface area contributed by atoms with E-state index in [1.165, 1.54) is 24.6 Å². The van der Waals surface area contributed by atoms with Gasteiger partial charge in [0, 0.05) is 6.08 Å². The summed E-state index contributed by atoms with van der Waals surface area (Å²) in [6.45, 7) is 3.05. The highest BCUT2D eigenvalue weighted by molar-refractivity contribution is 7.90. The summed E-state index contributed by atoms with van der Waals surface area (Å²) < 4.78 is 64.3. The zero-order chi connectivity index (χ0) is 17.1. The second kappa shape index (κ2) is 6.19. The molecule has 0 bridgehead atoms. The lowest BCUT2D eigenvalue weighted by Gasteiger charge is -2.13. The van der Waals surface area contributed by atoms with E-state index in [2.05, 4.69) is 0 Å². The summed E-state index contributed by atoms with van der Waals surface area (Å²) in [6, 6.07) is 3.47. The number of allylic oxidation sites excluding steroid dienone is 1. The standard InChI is InChI=1S/C13H11F3N2O3S/c1-8(2)5-12(19)18-22(20,21)11-4-3-9(7-17)6-10(11)13(14,15)16/h3-6H,1-2H3,(H,18,19). The van der Waals surface area contributed by atoms with Crippen LogP contribution in [-0.2, 0) is 21.0 Å². The molecule has 0 aliphatic carbocycles. The van der Waals surface area contributed by atoms with Gasteiger partial charge in [-0.2, -0.15) is 18.4 Å². The van der Waals surface area contributed by atoms with Crippen molar-refractivity contribution in [2.24, 2.45) is 0 Å². The number of nitrogens with zero attached hydrogens (tertiary/aromatic N) is 1. The third-order valence-electron chi connectivity index (χ3n) is 2.36. The first-order valence-corrected chi connectivity index (χ1v) is 7.28. The summed E-state index contributed by atoms with van der Waals surface area (Å²) in [5.41, 5.74) is -1.38. The summed E-state index contributed by atoms with van der Waals surface area (Å²) in [5, 5.41) is 8.62. The highest BCUT2D eigenvalue weighted by Gasteiger charge is 2.37. The third-order valence-corrected chi connectivity index (χ3v) is 3.76. The fourth-order valence-corrected chi connectivity index (χ4v) is 2.68. The molecule has 0 fully saturated rings. The molecule has 1 amide bonds. The quantitative estimate of drug-likeness (QED) is 0.861. The van der Waals surface area contributed by atoms with Crippen molar-refractivity contribution in [3.8, 4) is 6.07 Å². The average molecular weight is 332 g/mol. The Morgan fingerprint density at radius 1 is 1.32 bits per heavy atom. The first kappa shape index (κ1) is 17.7. The Labute approximate surface area is 125 Å². The normalized spacial score (nSPS) is 11.5. The molecule has 0 atom stereocenters. The summed E-state index contributed by atoms with van der Waals surface area (Å²) in [7, 11) is -4.72. The minimum absolute atomic E-state index is 0.345. The van der Waals surface area contributed by atoms with Gasteiger partial charge >= 0.3 is 6.18 Å². The molecular weight excluding hydrogens is 321 g/mol. The monoisotopic (exact) mass is 332 g/mol. The molecule has 0 aliphatic rings. The number of sulfonamides is 1. The Kier molecular flexibility index (Phi) is 4.98. The number of carbonyl (C=O) groups excluding carboxylic acids is 1. The fraction of sp³-hybridized carbons (Fsp3) is 0.231. The smallest absolute Gasteiger partial charge is 0.269 e. The number of hydrogen-bond acceptors (Lipinski definition) is 4. The Morgan fingerprint density at radius 3 is 2.36 bits per heavy atom. The first-order chi connectivity index (χ1) is 9.97. The van der Waals surface area contributed by atoms with E-state index in [1.54, 1.807) is 0 Å². The maximum atomic E-state index is 12.9. The number of rotatable bonds is 3. The largest absolute Gasteiger partial charge is 0.417 e. The second-order valence-electron chi connectivity index (χ2n) is 4.51. The van der Waals surface area contributed by atoms with Crippen LogP contribution in [-0.4, -0.2) is 14.3 Å². The molecule has 9 heteroatoms. The number of benzene rings is 1. The van der Waals surface area contributed by atoms with Crippen LogP contribution in [0.5, 0.6) is 0 Å². The lowest BCUT2D eigenvalue weighted by molar-refractivity contribution is -0.140. The predicted octanol–water partition coefficient (Wildman–Crippen LogP) is 2.35. The number of alkyl halides is 3. The van der Waals surface area contributed by atoms with Crippen LogP contribution in [0, 0.1) is 11.3 Å². The van der Waals surface area contributed by atoms with Gasteiger partial charge in [0.15, 0.2) is 0 Å². The fourth-order valence-electron chi connectivity index (χ4n) is 1.53. The Hall–Kier alpha value is -2.34. The number of amides is 1. The Balaban J connectivity index is 3.40. The maximum absolute atomic E-state index is 12.9. The molecule has 0 spiro atoms. The molecule has 118 valence electrons. The van der Waals surface area contributed by atoms with Crippen molar-refractivity contribution in [1.29, 1.82) is 5.26 Å². The molecule has 22 heavy (non-hydrogen) atoms. The molecule has 0 unspecified atom stereocenters. The van der Waals surface area contributed by atoms with E-state index >= 15 is 0 Å².